The van der Waals surface area contributed by atoms with E-state index >= 15 is 0 Å². The molecule has 1 saturated heterocycles. The summed E-state index contributed by atoms with van der Waals surface area (Å²) in [6.45, 7) is 10.1. The second-order valence-corrected chi connectivity index (χ2v) is 8.23. The van der Waals surface area contributed by atoms with Crippen LogP contribution in [0.4, 0.5) is 11.8 Å². The summed E-state index contributed by atoms with van der Waals surface area (Å²) >= 11 is 0. The highest BCUT2D eigenvalue weighted by Gasteiger charge is 2.18. The van der Waals surface area contributed by atoms with Crippen LogP contribution in [-0.2, 0) is 11.3 Å². The van der Waals surface area contributed by atoms with Gasteiger partial charge in [0, 0.05) is 32.2 Å². The van der Waals surface area contributed by atoms with Gasteiger partial charge in [0.25, 0.3) is 0 Å². The Labute approximate surface area is 186 Å². The number of H-pyrrole nitrogens is 1. The van der Waals surface area contributed by atoms with Crippen LogP contribution in [-0.4, -0.2) is 73.8 Å². The smallest absolute Gasteiger partial charge is 0.205 e. The first-order chi connectivity index (χ1) is 15.7. The van der Waals surface area contributed by atoms with E-state index in [2.05, 4.69) is 53.9 Å². The van der Waals surface area contributed by atoms with Crippen LogP contribution in [0.5, 0.6) is 0 Å². The molecule has 0 saturated carbocycles. The third-order valence-corrected chi connectivity index (χ3v) is 5.67. The molecular weight excluding hydrogens is 406 g/mol. The quantitative estimate of drug-likeness (QED) is 0.388. The Balaban J connectivity index is 1.34. The molecule has 4 aromatic rings. The maximum Gasteiger partial charge on any atom is 0.205 e. The van der Waals surface area contributed by atoms with E-state index in [1.165, 1.54) is 0 Å². The third kappa shape index (κ3) is 4.23. The van der Waals surface area contributed by atoms with E-state index in [0.717, 1.165) is 73.4 Å². The van der Waals surface area contributed by atoms with Crippen LogP contribution < -0.4 is 10.6 Å². The number of para-hydroxylation sites is 2. The van der Waals surface area contributed by atoms with E-state index in [1.807, 2.05) is 24.3 Å². The lowest BCUT2D eigenvalue weighted by Crippen LogP contribution is -2.39. The van der Waals surface area contributed by atoms with Crippen LogP contribution in [0.15, 0.2) is 30.6 Å². The number of aromatic nitrogens is 6. The van der Waals surface area contributed by atoms with Gasteiger partial charge >= 0.3 is 0 Å². The fourth-order valence-corrected chi connectivity index (χ4v) is 4.06. The van der Waals surface area contributed by atoms with E-state index in [0.29, 0.717) is 12.4 Å². The zero-order valence-electron chi connectivity index (χ0n) is 18.5. The molecule has 0 unspecified atom stereocenters. The molecule has 0 amide bonds. The van der Waals surface area contributed by atoms with E-state index in [1.54, 1.807) is 6.33 Å². The van der Waals surface area contributed by atoms with Gasteiger partial charge in [0.2, 0.25) is 5.95 Å². The molecule has 1 aliphatic heterocycles. The summed E-state index contributed by atoms with van der Waals surface area (Å²) in [5.41, 5.74) is 3.54. The molecule has 4 heterocycles. The van der Waals surface area contributed by atoms with Crippen molar-refractivity contribution in [2.24, 2.45) is 0 Å². The Kier molecular flexibility index (Phi) is 5.87. The lowest BCUT2D eigenvalue weighted by molar-refractivity contribution is 0.0398. The predicted molar refractivity (Wildman–Crippen MR) is 125 cm³/mol. The number of anilines is 2. The molecule has 10 heteroatoms. The molecule has 0 atom stereocenters. The molecule has 168 valence electrons. The van der Waals surface area contributed by atoms with Gasteiger partial charge in [-0.05, 0) is 26.0 Å². The topological polar surface area (TPSA) is 109 Å². The second-order valence-electron chi connectivity index (χ2n) is 8.23. The Morgan fingerprint density at radius 3 is 2.75 bits per heavy atom. The van der Waals surface area contributed by atoms with Crippen LogP contribution in [0.2, 0.25) is 0 Å². The standard InChI is InChI=1S/C22H29N9O/c1-15(2)31-21-19(29-22(31)23-7-8-30-9-11-32-12-10-30)20(25-14-26-21)24-13-18-27-16-5-3-4-6-17(16)28-18/h3-6,14-15H,7-13H2,1-2H3,(H,23,29)(H,27,28)(H,24,25,26). The zero-order valence-corrected chi connectivity index (χ0v) is 18.5. The minimum Gasteiger partial charge on any atom is -0.379 e. The maximum absolute atomic E-state index is 5.43. The van der Waals surface area contributed by atoms with Crippen LogP contribution >= 0.6 is 0 Å². The molecule has 0 spiro atoms. The van der Waals surface area contributed by atoms with Crippen molar-refractivity contribution in [1.29, 1.82) is 0 Å². The molecule has 1 fully saturated rings. The number of morpholine rings is 1. The zero-order chi connectivity index (χ0) is 21.9. The van der Waals surface area contributed by atoms with Gasteiger partial charge in [-0.15, -0.1) is 0 Å². The van der Waals surface area contributed by atoms with Gasteiger partial charge in [0.05, 0.1) is 30.8 Å². The number of nitrogens with zero attached hydrogens (tertiary/aromatic N) is 6. The average molecular weight is 436 g/mol. The van der Waals surface area contributed by atoms with Crippen molar-refractivity contribution >= 4 is 34.0 Å². The Morgan fingerprint density at radius 2 is 1.94 bits per heavy atom. The summed E-state index contributed by atoms with van der Waals surface area (Å²) in [6, 6.07) is 8.22. The van der Waals surface area contributed by atoms with Crippen LogP contribution in [0.1, 0.15) is 25.7 Å². The van der Waals surface area contributed by atoms with Crippen molar-refractivity contribution in [3.05, 3.63) is 36.4 Å². The van der Waals surface area contributed by atoms with Crippen LogP contribution in [0, 0.1) is 0 Å². The molecule has 3 aromatic heterocycles. The number of aromatic amines is 1. The van der Waals surface area contributed by atoms with E-state index in [4.69, 9.17) is 9.72 Å². The Hall–Kier alpha value is -3.24. The molecule has 0 aliphatic carbocycles. The van der Waals surface area contributed by atoms with Crippen molar-refractivity contribution in [3.8, 4) is 0 Å². The monoisotopic (exact) mass is 435 g/mol. The van der Waals surface area contributed by atoms with Crippen molar-refractivity contribution in [2.75, 3.05) is 50.0 Å². The summed E-state index contributed by atoms with van der Waals surface area (Å²) in [5.74, 6) is 2.37. The van der Waals surface area contributed by atoms with Crippen molar-refractivity contribution in [2.45, 2.75) is 26.4 Å². The van der Waals surface area contributed by atoms with Crippen molar-refractivity contribution in [1.82, 2.24) is 34.4 Å². The van der Waals surface area contributed by atoms with E-state index < -0.39 is 0 Å². The second kappa shape index (κ2) is 9.09. The summed E-state index contributed by atoms with van der Waals surface area (Å²) < 4.78 is 7.56. The minimum absolute atomic E-state index is 0.212. The molecule has 32 heavy (non-hydrogen) atoms. The number of hydrogen-bond acceptors (Lipinski definition) is 8. The summed E-state index contributed by atoms with van der Waals surface area (Å²) in [5, 5.41) is 6.89. The number of rotatable bonds is 8. The molecule has 0 bridgehead atoms. The molecule has 1 aromatic carbocycles. The lowest BCUT2D eigenvalue weighted by atomic mass is 10.3. The number of imidazole rings is 2. The molecular formula is C22H29N9O. The lowest BCUT2D eigenvalue weighted by Gasteiger charge is -2.26. The normalized spacial score (nSPS) is 15.1. The molecule has 3 N–H and O–H groups in total. The molecule has 10 nitrogen and oxygen atoms in total. The summed E-state index contributed by atoms with van der Waals surface area (Å²) in [4.78, 5) is 24.2. The fraction of sp³-hybridized carbons (Fsp3) is 0.455. The SMILES string of the molecule is CC(C)n1c(NCCN2CCOCC2)nc2c(NCc3nc4ccccc4[nH]3)ncnc21. The largest absolute Gasteiger partial charge is 0.379 e. The average Bonchev–Trinajstić information content (AvgIpc) is 3.39. The summed E-state index contributed by atoms with van der Waals surface area (Å²) in [6.07, 6.45) is 1.58. The van der Waals surface area contributed by atoms with Gasteiger partial charge in [0.1, 0.15) is 12.2 Å². The van der Waals surface area contributed by atoms with E-state index in [9.17, 15) is 0 Å². The Morgan fingerprint density at radius 1 is 1.09 bits per heavy atom. The first-order valence-corrected chi connectivity index (χ1v) is 11.1. The predicted octanol–water partition coefficient (Wildman–Crippen LogP) is 2.64. The van der Waals surface area contributed by atoms with Gasteiger partial charge in [-0.25, -0.2) is 19.9 Å². The highest BCUT2D eigenvalue weighted by molar-refractivity contribution is 5.85. The van der Waals surface area contributed by atoms with Gasteiger partial charge in [-0.3, -0.25) is 9.47 Å². The first kappa shape index (κ1) is 20.7. The van der Waals surface area contributed by atoms with Gasteiger partial charge < -0.3 is 20.4 Å². The first-order valence-electron chi connectivity index (χ1n) is 11.1. The van der Waals surface area contributed by atoms with Gasteiger partial charge in [0.15, 0.2) is 17.0 Å². The van der Waals surface area contributed by atoms with Crippen LogP contribution in [0.3, 0.4) is 0 Å². The minimum atomic E-state index is 0.212. The van der Waals surface area contributed by atoms with E-state index in [-0.39, 0.29) is 6.04 Å². The van der Waals surface area contributed by atoms with Gasteiger partial charge in [-0.1, -0.05) is 12.1 Å². The molecule has 0 radical (unpaired) electrons. The highest BCUT2D eigenvalue weighted by atomic mass is 16.5. The van der Waals surface area contributed by atoms with Crippen LogP contribution in [0.25, 0.3) is 22.2 Å². The van der Waals surface area contributed by atoms with Gasteiger partial charge in [-0.2, -0.15) is 0 Å². The number of hydrogen-bond donors (Lipinski definition) is 3. The van der Waals surface area contributed by atoms with Crippen molar-refractivity contribution in [3.63, 3.8) is 0 Å². The Bertz CT molecular complexity index is 1160. The number of fused-ring (bicyclic) bond motifs is 2. The maximum atomic E-state index is 5.43. The number of benzene rings is 1. The molecule has 5 rings (SSSR count). The number of ether oxygens (including phenoxy) is 1. The third-order valence-electron chi connectivity index (χ3n) is 5.67. The van der Waals surface area contributed by atoms with Crippen molar-refractivity contribution < 1.29 is 4.74 Å². The molecule has 1 aliphatic rings. The number of nitrogens with one attached hydrogen (secondary N) is 3. The highest BCUT2D eigenvalue weighted by Crippen LogP contribution is 2.26. The summed E-state index contributed by atoms with van der Waals surface area (Å²) in [7, 11) is 0. The fourth-order valence-electron chi connectivity index (χ4n) is 4.06.